The molecule has 6 N–H and O–H groups in total. The van der Waals surface area contributed by atoms with Gasteiger partial charge >= 0.3 is 11.9 Å². The van der Waals surface area contributed by atoms with E-state index in [1.807, 2.05) is 60.7 Å². The molecule has 0 saturated carbocycles. The molecule has 0 aliphatic carbocycles. The molecule has 2 aromatic carbocycles. The van der Waals surface area contributed by atoms with Crippen LogP contribution in [0.3, 0.4) is 0 Å². The second-order valence-corrected chi connectivity index (χ2v) is 6.27. The fraction of sp³-hybridized carbons (Fsp3) is 0.364. The molecule has 154 valence electrons. The van der Waals surface area contributed by atoms with Gasteiger partial charge in [0.25, 0.3) is 0 Å². The van der Waals surface area contributed by atoms with Crippen molar-refractivity contribution < 1.29 is 19.8 Å². The van der Waals surface area contributed by atoms with Crippen LogP contribution in [0.25, 0.3) is 0 Å². The Morgan fingerprint density at radius 3 is 1.21 bits per heavy atom. The van der Waals surface area contributed by atoms with E-state index < -0.39 is 24.0 Å². The molecule has 0 heterocycles. The van der Waals surface area contributed by atoms with Crippen LogP contribution >= 0.6 is 0 Å². The fourth-order valence-electron chi connectivity index (χ4n) is 1.91. The van der Waals surface area contributed by atoms with E-state index in [2.05, 4.69) is 13.8 Å². The van der Waals surface area contributed by atoms with Crippen LogP contribution in [-0.4, -0.2) is 34.2 Å². The highest BCUT2D eigenvalue weighted by molar-refractivity contribution is 5.73. The van der Waals surface area contributed by atoms with E-state index in [1.165, 1.54) is 12.8 Å². The van der Waals surface area contributed by atoms with E-state index in [4.69, 9.17) is 21.7 Å². The van der Waals surface area contributed by atoms with E-state index in [0.717, 1.165) is 11.1 Å². The minimum Gasteiger partial charge on any atom is -0.480 e. The number of hydrogen-bond donors (Lipinski definition) is 4. The number of carbonyl (C=O) groups is 2. The van der Waals surface area contributed by atoms with E-state index in [1.54, 1.807) is 0 Å². The SMILES string of the molecule is CCCC.N[C@@H](Cc1ccccc1)C(=O)O.N[C@@H](Cc1ccccc1)C(=O)O. The largest absolute Gasteiger partial charge is 0.480 e. The number of rotatable bonds is 7. The molecule has 0 amide bonds. The lowest BCUT2D eigenvalue weighted by molar-refractivity contribution is -0.139. The second kappa shape index (κ2) is 15.4. The summed E-state index contributed by atoms with van der Waals surface area (Å²) in [5, 5.41) is 17.0. The first-order chi connectivity index (χ1) is 13.3. The molecule has 0 saturated heterocycles. The smallest absolute Gasteiger partial charge is 0.320 e. The first-order valence-electron chi connectivity index (χ1n) is 9.36. The summed E-state index contributed by atoms with van der Waals surface area (Å²) in [7, 11) is 0. The lowest BCUT2D eigenvalue weighted by atomic mass is 10.1. The number of carboxylic acids is 2. The molecular formula is C22H32N2O4. The van der Waals surface area contributed by atoms with E-state index in [9.17, 15) is 9.59 Å². The van der Waals surface area contributed by atoms with Crippen molar-refractivity contribution in [1.82, 2.24) is 0 Å². The zero-order valence-electron chi connectivity index (χ0n) is 16.6. The third-order valence-corrected chi connectivity index (χ3v) is 3.73. The van der Waals surface area contributed by atoms with Crippen molar-refractivity contribution in [1.29, 1.82) is 0 Å². The molecule has 0 unspecified atom stereocenters. The van der Waals surface area contributed by atoms with Gasteiger partial charge in [0, 0.05) is 0 Å². The maximum absolute atomic E-state index is 10.4. The molecule has 0 spiro atoms. The summed E-state index contributed by atoms with van der Waals surface area (Å²) in [5.74, 6) is -1.92. The van der Waals surface area contributed by atoms with Crippen molar-refractivity contribution in [2.24, 2.45) is 11.5 Å². The third kappa shape index (κ3) is 12.6. The van der Waals surface area contributed by atoms with Gasteiger partial charge in [-0.3, -0.25) is 9.59 Å². The Bertz CT molecular complexity index is 603. The number of benzene rings is 2. The van der Waals surface area contributed by atoms with Crippen molar-refractivity contribution in [3.63, 3.8) is 0 Å². The number of nitrogens with two attached hydrogens (primary N) is 2. The van der Waals surface area contributed by atoms with E-state index >= 15 is 0 Å². The molecule has 0 fully saturated rings. The van der Waals surface area contributed by atoms with Gasteiger partial charge in [-0.25, -0.2) is 0 Å². The molecule has 0 aliphatic rings. The van der Waals surface area contributed by atoms with Crippen LogP contribution in [0.2, 0.25) is 0 Å². The number of aliphatic carboxylic acids is 2. The zero-order chi connectivity index (χ0) is 21.4. The zero-order valence-corrected chi connectivity index (χ0v) is 16.6. The summed E-state index contributed by atoms with van der Waals surface area (Å²) in [6.07, 6.45) is 3.41. The lowest BCUT2D eigenvalue weighted by Crippen LogP contribution is -2.32. The minimum absolute atomic E-state index is 0.385. The van der Waals surface area contributed by atoms with Crippen LogP contribution in [0, 0.1) is 0 Å². The lowest BCUT2D eigenvalue weighted by Gasteiger charge is -2.04. The highest BCUT2D eigenvalue weighted by atomic mass is 16.4. The average Bonchev–Trinajstić information content (AvgIpc) is 2.70. The van der Waals surface area contributed by atoms with Crippen LogP contribution in [0.1, 0.15) is 37.8 Å². The van der Waals surface area contributed by atoms with Crippen LogP contribution in [0.5, 0.6) is 0 Å². The molecule has 2 rings (SSSR count). The predicted molar refractivity (Wildman–Crippen MR) is 112 cm³/mol. The highest BCUT2D eigenvalue weighted by Crippen LogP contribution is 2.02. The number of carboxylic acid groups (broad SMARTS) is 2. The Morgan fingerprint density at radius 1 is 0.714 bits per heavy atom. The maximum Gasteiger partial charge on any atom is 0.320 e. The first-order valence-corrected chi connectivity index (χ1v) is 9.36. The van der Waals surface area contributed by atoms with Crippen molar-refractivity contribution >= 4 is 11.9 Å². The highest BCUT2D eigenvalue weighted by Gasteiger charge is 2.11. The normalized spacial score (nSPS) is 11.7. The maximum atomic E-state index is 10.4. The molecule has 2 atom stereocenters. The van der Waals surface area contributed by atoms with Gasteiger partial charge in [0.15, 0.2) is 0 Å². The van der Waals surface area contributed by atoms with Gasteiger partial charge in [-0.2, -0.15) is 0 Å². The summed E-state index contributed by atoms with van der Waals surface area (Å²) >= 11 is 0. The fourth-order valence-corrected chi connectivity index (χ4v) is 1.91. The van der Waals surface area contributed by atoms with Crippen LogP contribution in [0.15, 0.2) is 60.7 Å². The molecule has 0 aliphatic heterocycles. The Labute approximate surface area is 167 Å². The average molecular weight is 389 g/mol. The van der Waals surface area contributed by atoms with Gasteiger partial charge in [-0.15, -0.1) is 0 Å². The summed E-state index contributed by atoms with van der Waals surface area (Å²) in [4.78, 5) is 20.8. The monoisotopic (exact) mass is 388 g/mol. The Balaban J connectivity index is 0.000000439. The predicted octanol–water partition coefficient (Wildman–Crippen LogP) is 3.09. The minimum atomic E-state index is -0.959. The van der Waals surface area contributed by atoms with E-state index in [0.29, 0.717) is 12.8 Å². The van der Waals surface area contributed by atoms with Gasteiger partial charge < -0.3 is 21.7 Å². The molecule has 0 radical (unpaired) electrons. The van der Waals surface area contributed by atoms with E-state index in [-0.39, 0.29) is 0 Å². The van der Waals surface area contributed by atoms with Crippen LogP contribution in [-0.2, 0) is 22.4 Å². The summed E-state index contributed by atoms with van der Waals surface area (Å²) in [5.41, 5.74) is 12.6. The third-order valence-electron chi connectivity index (χ3n) is 3.73. The first kappa shape index (κ1) is 25.3. The molecule has 6 heteroatoms. The van der Waals surface area contributed by atoms with Crippen molar-refractivity contribution in [2.45, 2.75) is 51.6 Å². The summed E-state index contributed by atoms with van der Waals surface area (Å²) in [6.45, 7) is 4.36. The van der Waals surface area contributed by atoms with Gasteiger partial charge in [0.05, 0.1) is 0 Å². The van der Waals surface area contributed by atoms with Crippen LogP contribution in [0.4, 0.5) is 0 Å². The van der Waals surface area contributed by atoms with Gasteiger partial charge in [0.1, 0.15) is 12.1 Å². The Hall–Kier alpha value is -2.70. The molecular weight excluding hydrogens is 356 g/mol. The Kier molecular flexibility index (Phi) is 13.9. The summed E-state index contributed by atoms with van der Waals surface area (Å²) in [6, 6.07) is 17.1. The van der Waals surface area contributed by atoms with Crippen molar-refractivity contribution in [2.75, 3.05) is 0 Å². The standard InChI is InChI=1S/2C9H11NO2.C4H10/c2*10-8(9(11)12)6-7-4-2-1-3-5-7;1-3-4-2/h2*1-5,8H,6,10H2,(H,11,12);3-4H2,1-2H3/t2*8-;/m00./s1. The van der Waals surface area contributed by atoms with Crippen LogP contribution < -0.4 is 11.5 Å². The molecule has 6 nitrogen and oxygen atoms in total. The van der Waals surface area contributed by atoms with Gasteiger partial charge in [-0.1, -0.05) is 87.4 Å². The molecule has 2 aromatic rings. The topological polar surface area (TPSA) is 127 Å². The van der Waals surface area contributed by atoms with Gasteiger partial charge in [0.2, 0.25) is 0 Å². The van der Waals surface area contributed by atoms with Crippen molar-refractivity contribution in [3.8, 4) is 0 Å². The van der Waals surface area contributed by atoms with Gasteiger partial charge in [-0.05, 0) is 24.0 Å². The molecule has 0 aromatic heterocycles. The van der Waals surface area contributed by atoms with Crippen molar-refractivity contribution in [3.05, 3.63) is 71.8 Å². The summed E-state index contributed by atoms with van der Waals surface area (Å²) < 4.78 is 0. The molecule has 0 bridgehead atoms. The second-order valence-electron chi connectivity index (χ2n) is 6.27. The molecule has 28 heavy (non-hydrogen) atoms. The number of unbranched alkanes of at least 4 members (excludes halogenated alkanes) is 1. The Morgan fingerprint density at radius 2 is 1.00 bits per heavy atom. The number of hydrogen-bond acceptors (Lipinski definition) is 4. The quantitative estimate of drug-likeness (QED) is 0.577.